The van der Waals surface area contributed by atoms with Crippen molar-refractivity contribution in [3.63, 3.8) is 0 Å². The second kappa shape index (κ2) is 7.24. The Labute approximate surface area is 130 Å². The van der Waals surface area contributed by atoms with E-state index in [2.05, 4.69) is 0 Å². The lowest BCUT2D eigenvalue weighted by molar-refractivity contribution is -0.385. The molecule has 0 N–H and O–H groups in total. The maximum atomic E-state index is 12.2. The molecule has 0 atom stereocenters. The third-order valence-electron chi connectivity index (χ3n) is 4.32. The summed E-state index contributed by atoms with van der Waals surface area (Å²) in [4.78, 5) is 24.4. The Balaban J connectivity index is 1.96. The first-order chi connectivity index (χ1) is 10.5. The Kier molecular flexibility index (Phi) is 5.35. The first-order valence-corrected chi connectivity index (χ1v) is 7.63. The summed E-state index contributed by atoms with van der Waals surface area (Å²) in [5.41, 5.74) is 0.450. The highest BCUT2D eigenvalue weighted by Crippen LogP contribution is 2.27. The molecule has 0 unspecified atom stereocenters. The van der Waals surface area contributed by atoms with Gasteiger partial charge in [0.2, 0.25) is 0 Å². The van der Waals surface area contributed by atoms with Crippen molar-refractivity contribution in [3.8, 4) is 5.75 Å². The van der Waals surface area contributed by atoms with E-state index in [1.54, 1.807) is 24.0 Å². The van der Waals surface area contributed by atoms with Crippen LogP contribution < -0.4 is 4.74 Å². The van der Waals surface area contributed by atoms with E-state index in [4.69, 9.17) is 4.74 Å². The van der Waals surface area contributed by atoms with Crippen LogP contribution in [-0.2, 0) is 4.79 Å². The topological polar surface area (TPSA) is 72.7 Å². The zero-order valence-electron chi connectivity index (χ0n) is 13.1. The number of amides is 1. The first kappa shape index (κ1) is 16.3. The maximum absolute atomic E-state index is 12.2. The number of likely N-dealkylation sites (N-methyl/N-ethyl adjacent to an activating group) is 1. The predicted octanol–water partition coefficient (Wildman–Crippen LogP) is 3.07. The fraction of sp³-hybridized carbons (Fsp3) is 0.562. The summed E-state index contributed by atoms with van der Waals surface area (Å²) >= 11 is 0. The number of ether oxygens (including phenoxy) is 1. The van der Waals surface area contributed by atoms with Gasteiger partial charge in [-0.2, -0.15) is 0 Å². The lowest BCUT2D eigenvalue weighted by Crippen LogP contribution is -2.40. The van der Waals surface area contributed by atoms with Crippen molar-refractivity contribution in [1.29, 1.82) is 0 Å². The molecule has 1 aromatic carbocycles. The molecule has 1 amide bonds. The van der Waals surface area contributed by atoms with Gasteiger partial charge in [0.15, 0.2) is 6.61 Å². The molecule has 2 rings (SSSR count). The standard InChI is InChI=1S/C16H22N2O4/c1-12-14(18(20)21)9-6-10-15(12)22-11-16(19)17(2)13-7-4-3-5-8-13/h6,9-10,13H,3-5,7-8,11H2,1-2H3. The molecule has 1 aromatic rings. The number of rotatable bonds is 5. The monoisotopic (exact) mass is 306 g/mol. The van der Waals surface area contributed by atoms with Crippen LogP contribution in [0.25, 0.3) is 0 Å². The minimum absolute atomic E-state index is 0.00517. The molecule has 22 heavy (non-hydrogen) atoms. The molecule has 0 heterocycles. The van der Waals surface area contributed by atoms with Crippen LogP contribution in [0.5, 0.6) is 5.75 Å². The molecule has 1 aliphatic rings. The highest BCUT2D eigenvalue weighted by atomic mass is 16.6. The zero-order valence-corrected chi connectivity index (χ0v) is 13.1. The van der Waals surface area contributed by atoms with Gasteiger partial charge in [-0.05, 0) is 25.8 Å². The van der Waals surface area contributed by atoms with Crippen molar-refractivity contribution >= 4 is 11.6 Å². The third-order valence-corrected chi connectivity index (χ3v) is 4.32. The number of benzene rings is 1. The average Bonchev–Trinajstić information content (AvgIpc) is 2.53. The summed E-state index contributed by atoms with van der Waals surface area (Å²) in [6.45, 7) is 1.54. The number of nitrogens with zero attached hydrogens (tertiary/aromatic N) is 2. The van der Waals surface area contributed by atoms with Crippen molar-refractivity contribution < 1.29 is 14.5 Å². The summed E-state index contributed by atoms with van der Waals surface area (Å²) in [5.74, 6) is 0.303. The lowest BCUT2D eigenvalue weighted by Gasteiger charge is -2.31. The summed E-state index contributed by atoms with van der Waals surface area (Å²) in [5, 5.41) is 10.9. The van der Waals surface area contributed by atoms with Crippen LogP contribution in [0.2, 0.25) is 0 Å². The molecule has 120 valence electrons. The second-order valence-electron chi connectivity index (χ2n) is 5.74. The largest absolute Gasteiger partial charge is 0.483 e. The van der Waals surface area contributed by atoms with E-state index in [-0.39, 0.29) is 24.2 Å². The molecular weight excluding hydrogens is 284 g/mol. The minimum Gasteiger partial charge on any atom is -0.483 e. The molecule has 0 aliphatic heterocycles. The summed E-state index contributed by atoms with van der Waals surface area (Å²) in [7, 11) is 1.81. The molecule has 1 aliphatic carbocycles. The summed E-state index contributed by atoms with van der Waals surface area (Å²) in [6.07, 6.45) is 5.64. The molecule has 0 bridgehead atoms. The van der Waals surface area contributed by atoms with Crippen LogP contribution in [0, 0.1) is 17.0 Å². The van der Waals surface area contributed by atoms with Crippen LogP contribution in [-0.4, -0.2) is 35.4 Å². The van der Waals surface area contributed by atoms with Gasteiger partial charge >= 0.3 is 0 Å². The highest BCUT2D eigenvalue weighted by molar-refractivity contribution is 5.78. The Morgan fingerprint density at radius 2 is 2.05 bits per heavy atom. The molecular formula is C16H22N2O4. The van der Waals surface area contributed by atoms with E-state index in [9.17, 15) is 14.9 Å². The Morgan fingerprint density at radius 3 is 2.68 bits per heavy atom. The van der Waals surface area contributed by atoms with Crippen molar-refractivity contribution in [1.82, 2.24) is 4.90 Å². The van der Waals surface area contributed by atoms with Gasteiger partial charge in [0, 0.05) is 19.2 Å². The normalized spacial score (nSPS) is 15.4. The molecule has 6 nitrogen and oxygen atoms in total. The molecule has 1 saturated carbocycles. The van der Waals surface area contributed by atoms with E-state index in [0.29, 0.717) is 11.3 Å². The van der Waals surface area contributed by atoms with Crippen LogP contribution in [0.3, 0.4) is 0 Å². The second-order valence-corrected chi connectivity index (χ2v) is 5.74. The predicted molar refractivity (Wildman–Crippen MR) is 83.0 cm³/mol. The van der Waals surface area contributed by atoms with Gasteiger partial charge in [0.1, 0.15) is 5.75 Å². The molecule has 0 spiro atoms. The van der Waals surface area contributed by atoms with Gasteiger partial charge < -0.3 is 9.64 Å². The van der Waals surface area contributed by atoms with Gasteiger partial charge in [0.05, 0.1) is 10.5 Å². The van der Waals surface area contributed by atoms with Gasteiger partial charge in [0.25, 0.3) is 11.6 Å². The highest BCUT2D eigenvalue weighted by Gasteiger charge is 2.23. The van der Waals surface area contributed by atoms with E-state index in [1.807, 2.05) is 7.05 Å². The SMILES string of the molecule is Cc1c(OCC(=O)N(C)C2CCCCC2)cccc1[N+](=O)[O-]. The zero-order chi connectivity index (χ0) is 16.1. The van der Waals surface area contributed by atoms with Crippen molar-refractivity contribution in [2.24, 2.45) is 0 Å². The Bertz CT molecular complexity index is 553. The number of nitro benzene ring substituents is 1. The van der Waals surface area contributed by atoms with Gasteiger partial charge in [-0.1, -0.05) is 25.3 Å². The average molecular weight is 306 g/mol. The number of carbonyl (C=O) groups excluding carboxylic acids is 1. The smallest absolute Gasteiger partial charge is 0.276 e. The van der Waals surface area contributed by atoms with Crippen LogP contribution in [0.1, 0.15) is 37.7 Å². The van der Waals surface area contributed by atoms with Gasteiger partial charge in [-0.25, -0.2) is 0 Å². The van der Waals surface area contributed by atoms with E-state index in [0.717, 1.165) is 25.7 Å². The molecule has 0 aromatic heterocycles. The summed E-state index contributed by atoms with van der Waals surface area (Å²) < 4.78 is 5.51. The molecule has 1 fully saturated rings. The van der Waals surface area contributed by atoms with E-state index >= 15 is 0 Å². The Hall–Kier alpha value is -2.11. The third kappa shape index (κ3) is 3.75. The van der Waals surface area contributed by atoms with Crippen molar-refractivity contribution in [2.75, 3.05) is 13.7 Å². The van der Waals surface area contributed by atoms with Crippen LogP contribution >= 0.6 is 0 Å². The van der Waals surface area contributed by atoms with Crippen molar-refractivity contribution in [3.05, 3.63) is 33.9 Å². The number of carbonyl (C=O) groups is 1. The number of hydrogen-bond acceptors (Lipinski definition) is 4. The Morgan fingerprint density at radius 1 is 1.36 bits per heavy atom. The van der Waals surface area contributed by atoms with E-state index < -0.39 is 4.92 Å². The fourth-order valence-electron chi connectivity index (χ4n) is 2.87. The van der Waals surface area contributed by atoms with Gasteiger partial charge in [-0.3, -0.25) is 14.9 Å². The maximum Gasteiger partial charge on any atom is 0.276 e. The summed E-state index contributed by atoms with van der Waals surface area (Å²) in [6, 6.07) is 4.93. The first-order valence-electron chi connectivity index (χ1n) is 7.63. The quantitative estimate of drug-likeness (QED) is 0.619. The van der Waals surface area contributed by atoms with Crippen LogP contribution in [0.4, 0.5) is 5.69 Å². The fourth-order valence-corrected chi connectivity index (χ4v) is 2.87. The number of hydrogen-bond donors (Lipinski definition) is 0. The van der Waals surface area contributed by atoms with Crippen molar-refractivity contribution in [2.45, 2.75) is 45.1 Å². The van der Waals surface area contributed by atoms with E-state index in [1.165, 1.54) is 12.5 Å². The lowest BCUT2D eigenvalue weighted by atomic mass is 9.94. The molecule has 6 heteroatoms. The number of nitro groups is 1. The molecule has 0 saturated heterocycles. The van der Waals surface area contributed by atoms with Crippen LogP contribution in [0.15, 0.2) is 18.2 Å². The van der Waals surface area contributed by atoms with Gasteiger partial charge in [-0.15, -0.1) is 0 Å². The minimum atomic E-state index is -0.446. The molecule has 0 radical (unpaired) electrons.